The SMILES string of the molecule is CC[C@@H]1C(=O)N(C)c2cnc(-n3ccc(C(=O)O)n3)nc2N1C1CCCC1.CC[C@@H]1C(=O)N(C)c2cnc(Cl)nc2N1C1CCCC1.COC(=O)c1ccn[nH]1. The maximum absolute atomic E-state index is 12.9. The van der Waals surface area contributed by atoms with Crippen LogP contribution in [0.5, 0.6) is 0 Å². The van der Waals surface area contributed by atoms with Crippen LogP contribution in [0.2, 0.25) is 5.28 Å². The van der Waals surface area contributed by atoms with E-state index in [1.165, 1.54) is 43.1 Å². The molecule has 19 heteroatoms. The maximum atomic E-state index is 12.9. The fourth-order valence-corrected chi connectivity index (χ4v) is 8.00. The number of carbonyl (C=O) groups is 4. The number of carboxylic acids is 1. The molecule has 2 aliphatic carbocycles. The maximum Gasteiger partial charge on any atom is 0.356 e. The lowest BCUT2D eigenvalue weighted by molar-refractivity contribution is -0.120. The number of likely N-dealkylation sites (N-methyl/N-ethyl adjacent to an activating group) is 2. The zero-order valence-corrected chi connectivity index (χ0v) is 32.9. The number of hydrogen-bond acceptors (Lipinski definition) is 13. The number of amides is 2. The molecule has 0 unspecified atom stereocenters. The number of esters is 1. The predicted octanol–water partition coefficient (Wildman–Crippen LogP) is 4.69. The largest absolute Gasteiger partial charge is 0.476 e. The molecular formula is C37H47ClN12O6. The Kier molecular flexibility index (Phi) is 12.5. The first-order chi connectivity index (χ1) is 27.0. The van der Waals surface area contributed by atoms with Gasteiger partial charge in [-0.15, -0.1) is 0 Å². The highest BCUT2D eigenvalue weighted by molar-refractivity contribution is 6.28. The number of nitrogens with zero attached hydrogens (tertiary/aromatic N) is 11. The van der Waals surface area contributed by atoms with E-state index >= 15 is 0 Å². The van der Waals surface area contributed by atoms with Crippen LogP contribution in [0.1, 0.15) is 99.0 Å². The highest BCUT2D eigenvalue weighted by atomic mass is 35.5. The van der Waals surface area contributed by atoms with Crippen LogP contribution in [0, 0.1) is 0 Å². The number of hydrogen-bond donors (Lipinski definition) is 2. The number of aromatic amines is 1. The van der Waals surface area contributed by atoms with E-state index in [9.17, 15) is 19.2 Å². The number of aromatic carboxylic acids is 1. The van der Waals surface area contributed by atoms with Crippen LogP contribution in [-0.4, -0.2) is 114 Å². The van der Waals surface area contributed by atoms with Gasteiger partial charge >= 0.3 is 11.9 Å². The summed E-state index contributed by atoms with van der Waals surface area (Å²) >= 11 is 5.97. The molecule has 6 heterocycles. The van der Waals surface area contributed by atoms with Gasteiger partial charge in [0.25, 0.3) is 5.95 Å². The van der Waals surface area contributed by atoms with E-state index in [-0.39, 0.29) is 40.9 Å². The molecule has 4 aromatic rings. The number of nitrogens with one attached hydrogen (secondary N) is 1. The molecule has 18 nitrogen and oxygen atoms in total. The van der Waals surface area contributed by atoms with Crippen molar-refractivity contribution in [2.45, 2.75) is 102 Å². The number of aromatic nitrogens is 8. The van der Waals surface area contributed by atoms with E-state index in [0.717, 1.165) is 56.5 Å². The molecule has 0 aromatic carbocycles. The van der Waals surface area contributed by atoms with E-state index in [4.69, 9.17) is 21.7 Å². The van der Waals surface area contributed by atoms with Crippen molar-refractivity contribution in [3.05, 3.63) is 53.6 Å². The second-order valence-electron chi connectivity index (χ2n) is 14.0. The lowest BCUT2D eigenvalue weighted by Crippen LogP contribution is -2.55. The molecule has 2 N–H and O–H groups in total. The Bertz CT molecular complexity index is 2030. The number of methoxy groups -OCH3 is 1. The van der Waals surface area contributed by atoms with Gasteiger partial charge in [-0.2, -0.15) is 20.2 Å². The normalized spacial score (nSPS) is 19.5. The molecule has 4 aromatic heterocycles. The van der Waals surface area contributed by atoms with Crippen molar-refractivity contribution >= 4 is 58.4 Å². The summed E-state index contributed by atoms with van der Waals surface area (Å²) in [6.07, 6.45) is 16.8. The smallest absolute Gasteiger partial charge is 0.356 e. The van der Waals surface area contributed by atoms with Gasteiger partial charge in [0.2, 0.25) is 17.1 Å². The standard InChI is InChI=1S/C18H22N6O3.C14H19ClN4O.C5H6N2O2/c1-3-13-16(25)22(2)14-10-19-18(23-9-8-12(21-23)17(26)27)20-15(14)24(13)11-6-4-5-7-11;1-3-10-13(20)18(2)11-8-16-14(15)17-12(11)19(10)9-6-4-5-7-9;1-9-5(8)4-2-3-6-7-4/h8-11,13H,3-7H2,1-2H3,(H,26,27);8-10H,3-7H2,1-2H3;2-3H,1H3,(H,6,7)/t13-;10-;/m11./s1. The van der Waals surface area contributed by atoms with Crippen molar-refractivity contribution in [3.8, 4) is 5.95 Å². The van der Waals surface area contributed by atoms with Crippen LogP contribution in [0.25, 0.3) is 5.95 Å². The van der Waals surface area contributed by atoms with Crippen molar-refractivity contribution < 1.29 is 29.0 Å². The van der Waals surface area contributed by atoms with E-state index in [2.05, 4.69) is 44.8 Å². The van der Waals surface area contributed by atoms with Gasteiger partial charge in [-0.25, -0.2) is 24.2 Å². The van der Waals surface area contributed by atoms with Gasteiger partial charge < -0.3 is 29.4 Å². The third-order valence-electron chi connectivity index (χ3n) is 10.7. The van der Waals surface area contributed by atoms with Crippen LogP contribution >= 0.6 is 11.6 Å². The number of anilines is 4. The number of rotatable bonds is 7. The quantitative estimate of drug-likeness (QED) is 0.192. The summed E-state index contributed by atoms with van der Waals surface area (Å²) in [6, 6.07) is 3.24. The number of fused-ring (bicyclic) bond motifs is 2. The van der Waals surface area contributed by atoms with E-state index in [1.54, 1.807) is 42.4 Å². The van der Waals surface area contributed by atoms with Crippen molar-refractivity contribution in [1.29, 1.82) is 0 Å². The lowest BCUT2D eigenvalue weighted by atomic mass is 10.0. The number of halogens is 1. The first-order valence-electron chi connectivity index (χ1n) is 18.9. The summed E-state index contributed by atoms with van der Waals surface area (Å²) < 4.78 is 5.74. The van der Waals surface area contributed by atoms with Crippen LogP contribution in [0.4, 0.5) is 23.0 Å². The molecule has 2 amide bonds. The lowest BCUT2D eigenvalue weighted by Gasteiger charge is -2.43. The fourth-order valence-electron chi connectivity index (χ4n) is 7.88. The average Bonchev–Trinajstić information content (AvgIpc) is 4.06. The van der Waals surface area contributed by atoms with Gasteiger partial charge in [-0.3, -0.25) is 14.7 Å². The minimum atomic E-state index is -1.10. The van der Waals surface area contributed by atoms with Gasteiger partial charge in [0, 0.05) is 38.6 Å². The molecule has 2 saturated carbocycles. The van der Waals surface area contributed by atoms with Crippen molar-refractivity contribution in [2.75, 3.05) is 40.8 Å². The minimum absolute atomic E-state index is 0.0560. The van der Waals surface area contributed by atoms with Gasteiger partial charge in [0.05, 0.1) is 19.5 Å². The van der Waals surface area contributed by atoms with Crippen LogP contribution in [0.3, 0.4) is 0 Å². The number of H-pyrrole nitrogens is 1. The Labute approximate surface area is 329 Å². The predicted molar refractivity (Wildman–Crippen MR) is 208 cm³/mol. The Hall–Kier alpha value is -5.65. The molecule has 4 aliphatic rings. The summed E-state index contributed by atoms with van der Waals surface area (Å²) in [6.45, 7) is 4.06. The van der Waals surface area contributed by atoms with Crippen molar-refractivity contribution in [1.82, 2.24) is 39.9 Å². The zero-order valence-electron chi connectivity index (χ0n) is 32.1. The van der Waals surface area contributed by atoms with Crippen molar-refractivity contribution in [2.24, 2.45) is 0 Å². The topological polar surface area (TPSA) is 209 Å². The first-order valence-corrected chi connectivity index (χ1v) is 19.2. The highest BCUT2D eigenvalue weighted by Gasteiger charge is 2.42. The molecule has 0 radical (unpaired) electrons. The molecule has 2 atom stereocenters. The van der Waals surface area contributed by atoms with Crippen LogP contribution in [-0.2, 0) is 14.3 Å². The molecule has 298 valence electrons. The highest BCUT2D eigenvalue weighted by Crippen LogP contribution is 2.41. The molecular weight excluding hydrogens is 744 g/mol. The van der Waals surface area contributed by atoms with Gasteiger partial charge in [-0.1, -0.05) is 39.5 Å². The summed E-state index contributed by atoms with van der Waals surface area (Å²) in [5, 5.41) is 19.4. The monoisotopic (exact) mass is 790 g/mol. The number of ether oxygens (including phenoxy) is 1. The summed E-state index contributed by atoms with van der Waals surface area (Å²) in [5.74, 6) is 0.502. The second-order valence-corrected chi connectivity index (χ2v) is 14.3. The molecule has 2 fully saturated rings. The van der Waals surface area contributed by atoms with Gasteiger partial charge in [0.15, 0.2) is 17.3 Å². The number of carboxylic acid groups (broad SMARTS) is 1. The average molecular weight is 791 g/mol. The molecule has 0 spiro atoms. The van der Waals surface area contributed by atoms with Gasteiger partial charge in [-0.05, 0) is 62.3 Å². The van der Waals surface area contributed by atoms with E-state index in [1.807, 2.05) is 13.8 Å². The van der Waals surface area contributed by atoms with Crippen LogP contribution in [0.15, 0.2) is 36.9 Å². The molecule has 8 rings (SSSR count). The summed E-state index contributed by atoms with van der Waals surface area (Å²) in [7, 11) is 4.85. The first kappa shape index (κ1) is 40.0. The minimum Gasteiger partial charge on any atom is -0.476 e. The number of carbonyl (C=O) groups excluding carboxylic acids is 3. The molecule has 2 aliphatic heterocycles. The Balaban J connectivity index is 0.000000160. The summed E-state index contributed by atoms with van der Waals surface area (Å²) in [5.41, 5.74) is 1.74. The third kappa shape index (κ3) is 8.01. The summed E-state index contributed by atoms with van der Waals surface area (Å²) in [4.78, 5) is 72.2. The Morgan fingerprint density at radius 2 is 1.39 bits per heavy atom. The van der Waals surface area contributed by atoms with Crippen LogP contribution < -0.4 is 19.6 Å². The zero-order chi connectivity index (χ0) is 40.1. The van der Waals surface area contributed by atoms with Crippen molar-refractivity contribution in [3.63, 3.8) is 0 Å². The Morgan fingerprint density at radius 1 is 0.857 bits per heavy atom. The Morgan fingerprint density at radius 3 is 1.86 bits per heavy atom. The second kappa shape index (κ2) is 17.4. The van der Waals surface area contributed by atoms with Gasteiger partial charge in [0.1, 0.15) is 29.2 Å². The third-order valence-corrected chi connectivity index (χ3v) is 10.9. The fraction of sp³-hybridized carbons (Fsp3) is 0.514. The van der Waals surface area contributed by atoms with E-state index < -0.39 is 11.9 Å². The molecule has 56 heavy (non-hydrogen) atoms. The molecule has 0 saturated heterocycles. The molecule has 0 bridgehead atoms. The van der Waals surface area contributed by atoms with E-state index in [0.29, 0.717) is 35.6 Å².